The Morgan fingerprint density at radius 3 is 2.68 bits per heavy atom. The van der Waals surface area contributed by atoms with E-state index in [0.717, 1.165) is 0 Å². The number of fused-ring (bicyclic) bond motifs is 1. The van der Waals surface area contributed by atoms with Crippen molar-refractivity contribution in [1.29, 1.82) is 10.5 Å². The van der Waals surface area contributed by atoms with Crippen LogP contribution < -0.4 is 5.73 Å². The van der Waals surface area contributed by atoms with E-state index in [1.165, 1.54) is 6.07 Å². The third kappa shape index (κ3) is 2.91. The quantitative estimate of drug-likeness (QED) is 0.558. The average Bonchev–Trinajstić information content (AvgIpc) is 3.06. The van der Waals surface area contributed by atoms with Gasteiger partial charge in [0.05, 0.1) is 29.3 Å². The molecule has 6 nitrogen and oxygen atoms in total. The summed E-state index contributed by atoms with van der Waals surface area (Å²) in [6.45, 7) is 0. The van der Waals surface area contributed by atoms with Crippen molar-refractivity contribution in [3.05, 3.63) is 83.1 Å². The highest BCUT2D eigenvalue weighted by atomic mass is 19.1. The smallest absolute Gasteiger partial charge is 0.126 e. The molecule has 28 heavy (non-hydrogen) atoms. The fraction of sp³-hybridized carbons (Fsp3) is 0.0476. The zero-order chi connectivity index (χ0) is 19.7. The lowest BCUT2D eigenvalue weighted by molar-refractivity contribution is 0.613. The van der Waals surface area contributed by atoms with E-state index in [0.29, 0.717) is 44.8 Å². The monoisotopic (exact) mass is 368 g/mol. The molecule has 0 amide bonds. The largest absolute Gasteiger partial charge is 0.398 e. The van der Waals surface area contributed by atoms with Crippen LogP contribution in [0.4, 0.5) is 10.1 Å². The van der Waals surface area contributed by atoms with Crippen LogP contribution in [0.3, 0.4) is 0 Å². The predicted molar refractivity (Wildman–Crippen MR) is 101 cm³/mol. The summed E-state index contributed by atoms with van der Waals surface area (Å²) in [4.78, 5) is 4.39. The van der Waals surface area contributed by atoms with Gasteiger partial charge in [-0.15, -0.1) is 0 Å². The van der Waals surface area contributed by atoms with E-state index >= 15 is 0 Å². The van der Waals surface area contributed by atoms with Crippen molar-refractivity contribution >= 4 is 11.2 Å². The first kappa shape index (κ1) is 17.2. The van der Waals surface area contributed by atoms with Crippen molar-refractivity contribution in [3.8, 4) is 23.4 Å². The number of nitrogen functional groups attached to an aromatic ring is 1. The number of anilines is 1. The van der Waals surface area contributed by atoms with Crippen molar-refractivity contribution in [3.63, 3.8) is 0 Å². The van der Waals surface area contributed by atoms with Gasteiger partial charge in [0, 0.05) is 17.7 Å². The van der Waals surface area contributed by atoms with Gasteiger partial charge in [-0.25, -0.2) is 8.91 Å². The van der Waals surface area contributed by atoms with Gasteiger partial charge in [0.25, 0.3) is 0 Å². The van der Waals surface area contributed by atoms with Gasteiger partial charge in [0.2, 0.25) is 0 Å². The summed E-state index contributed by atoms with van der Waals surface area (Å²) < 4.78 is 15.5. The van der Waals surface area contributed by atoms with Crippen molar-refractivity contribution in [2.45, 2.75) is 6.42 Å². The maximum Gasteiger partial charge on any atom is 0.126 e. The molecule has 4 rings (SSSR count). The lowest BCUT2D eigenvalue weighted by Crippen LogP contribution is -1.96. The first-order chi connectivity index (χ1) is 13.6. The number of nitrogens with zero attached hydrogens (tertiary/aromatic N) is 5. The molecule has 2 N–H and O–H groups in total. The van der Waals surface area contributed by atoms with Crippen molar-refractivity contribution in [2.24, 2.45) is 0 Å². The highest BCUT2D eigenvalue weighted by Crippen LogP contribution is 2.24. The summed E-state index contributed by atoms with van der Waals surface area (Å²) in [6, 6.07) is 15.7. The van der Waals surface area contributed by atoms with E-state index in [1.54, 1.807) is 53.3 Å². The molecule has 0 fully saturated rings. The molecule has 0 radical (unpaired) electrons. The third-order valence-corrected chi connectivity index (χ3v) is 4.49. The summed E-state index contributed by atoms with van der Waals surface area (Å²) in [6.07, 6.45) is 3.43. The number of benzene rings is 2. The molecular formula is C21H13FN6. The minimum absolute atomic E-state index is 0.201. The Kier molecular flexibility index (Phi) is 4.19. The summed E-state index contributed by atoms with van der Waals surface area (Å²) >= 11 is 0. The van der Waals surface area contributed by atoms with E-state index in [-0.39, 0.29) is 12.2 Å². The van der Waals surface area contributed by atoms with Gasteiger partial charge in [-0.3, -0.25) is 4.98 Å². The van der Waals surface area contributed by atoms with Gasteiger partial charge in [0.15, 0.2) is 0 Å². The molecule has 2 heterocycles. The average molecular weight is 368 g/mol. The second-order valence-electron chi connectivity index (χ2n) is 6.22. The number of hydrogen-bond donors (Lipinski definition) is 1. The van der Waals surface area contributed by atoms with Gasteiger partial charge in [-0.2, -0.15) is 15.6 Å². The highest BCUT2D eigenvalue weighted by Gasteiger charge is 2.16. The summed E-state index contributed by atoms with van der Waals surface area (Å²) in [5.74, 6) is -0.340. The van der Waals surface area contributed by atoms with Crippen LogP contribution in [-0.2, 0) is 6.42 Å². The fourth-order valence-corrected chi connectivity index (χ4v) is 3.03. The molecule has 0 saturated carbocycles. The normalized spacial score (nSPS) is 10.5. The Morgan fingerprint density at radius 1 is 1.11 bits per heavy atom. The highest BCUT2D eigenvalue weighted by molar-refractivity contribution is 5.69. The van der Waals surface area contributed by atoms with Crippen molar-refractivity contribution in [2.75, 3.05) is 5.73 Å². The fourth-order valence-electron chi connectivity index (χ4n) is 3.03. The Labute approximate surface area is 159 Å². The third-order valence-electron chi connectivity index (χ3n) is 4.49. The standard InChI is InChI=1S/C21H13FN6/c22-17-4-2-1-3-13(17)8-19-16(10-24)21-11-26-20(12-28(21)27-19)14-5-6-18(25)15(7-14)9-23/h1-7,11-12H,8,25H2. The van der Waals surface area contributed by atoms with Crippen LogP contribution >= 0.6 is 0 Å². The zero-order valence-corrected chi connectivity index (χ0v) is 14.6. The van der Waals surface area contributed by atoms with Crippen LogP contribution in [0.15, 0.2) is 54.9 Å². The molecule has 2 aromatic carbocycles. The molecule has 0 saturated heterocycles. The van der Waals surface area contributed by atoms with E-state index in [1.807, 2.05) is 6.07 Å². The molecular weight excluding hydrogens is 355 g/mol. The predicted octanol–water partition coefficient (Wildman–Crippen LogP) is 3.45. The molecule has 0 unspecified atom stereocenters. The van der Waals surface area contributed by atoms with E-state index in [4.69, 9.17) is 11.0 Å². The van der Waals surface area contributed by atoms with Crippen LogP contribution in [0.25, 0.3) is 16.8 Å². The summed E-state index contributed by atoms with van der Waals surface area (Å²) in [7, 11) is 0. The number of rotatable bonds is 3. The van der Waals surface area contributed by atoms with E-state index in [2.05, 4.69) is 16.2 Å². The molecule has 0 aliphatic rings. The summed E-state index contributed by atoms with van der Waals surface area (Å²) in [5.41, 5.74) is 9.64. The Balaban J connectivity index is 1.80. The van der Waals surface area contributed by atoms with Crippen LogP contribution in [0.5, 0.6) is 0 Å². The van der Waals surface area contributed by atoms with Crippen molar-refractivity contribution < 1.29 is 4.39 Å². The van der Waals surface area contributed by atoms with Gasteiger partial charge in [-0.05, 0) is 23.8 Å². The van der Waals surface area contributed by atoms with Crippen LogP contribution in [0.1, 0.15) is 22.4 Å². The summed E-state index contributed by atoms with van der Waals surface area (Å²) in [5, 5.41) is 23.2. The van der Waals surface area contributed by atoms with Crippen LogP contribution in [0, 0.1) is 28.5 Å². The number of aromatic nitrogens is 3. The molecule has 7 heteroatoms. The molecule has 0 bridgehead atoms. The topological polar surface area (TPSA) is 104 Å². The Morgan fingerprint density at radius 2 is 1.93 bits per heavy atom. The molecule has 0 aliphatic carbocycles. The number of hydrogen-bond acceptors (Lipinski definition) is 5. The lowest BCUT2D eigenvalue weighted by Gasteiger charge is -2.04. The molecule has 4 aromatic rings. The second-order valence-corrected chi connectivity index (χ2v) is 6.22. The lowest BCUT2D eigenvalue weighted by atomic mass is 10.1. The minimum Gasteiger partial charge on any atom is -0.398 e. The molecule has 0 aliphatic heterocycles. The SMILES string of the molecule is N#Cc1cc(-c2cn3nc(Cc4ccccc4F)c(C#N)c3cn2)ccc1N. The molecule has 0 atom stereocenters. The van der Waals surface area contributed by atoms with Crippen molar-refractivity contribution in [1.82, 2.24) is 14.6 Å². The van der Waals surface area contributed by atoms with Crippen LogP contribution in [-0.4, -0.2) is 14.6 Å². The van der Waals surface area contributed by atoms with Gasteiger partial charge in [-0.1, -0.05) is 24.3 Å². The Bertz CT molecular complexity index is 1290. The Hall–Kier alpha value is -4.23. The first-order valence-corrected chi connectivity index (χ1v) is 8.41. The van der Waals surface area contributed by atoms with Gasteiger partial charge in [0.1, 0.15) is 29.0 Å². The molecule has 134 valence electrons. The molecule has 2 aromatic heterocycles. The number of nitriles is 2. The second kappa shape index (κ2) is 6.82. The minimum atomic E-state index is -0.340. The maximum absolute atomic E-state index is 14.0. The van der Waals surface area contributed by atoms with Crippen LogP contribution in [0.2, 0.25) is 0 Å². The zero-order valence-electron chi connectivity index (χ0n) is 14.6. The number of halogens is 1. The van der Waals surface area contributed by atoms with E-state index < -0.39 is 0 Å². The number of nitrogens with two attached hydrogens (primary N) is 1. The first-order valence-electron chi connectivity index (χ1n) is 8.41. The van der Waals surface area contributed by atoms with E-state index in [9.17, 15) is 9.65 Å². The maximum atomic E-state index is 14.0. The van der Waals surface area contributed by atoms with Gasteiger partial charge >= 0.3 is 0 Å². The molecule has 0 spiro atoms. The van der Waals surface area contributed by atoms with Gasteiger partial charge < -0.3 is 5.73 Å².